The van der Waals surface area contributed by atoms with E-state index in [1.54, 1.807) is 11.3 Å². The van der Waals surface area contributed by atoms with Gasteiger partial charge in [0.05, 0.1) is 20.2 Å². The van der Waals surface area contributed by atoms with Crippen LogP contribution in [0.1, 0.15) is 22.4 Å². The second kappa shape index (κ2) is 9.63. The molecule has 0 radical (unpaired) electrons. The zero-order valence-electron chi connectivity index (χ0n) is 14.6. The molecule has 0 aliphatic carbocycles. The minimum atomic E-state index is -0.484. The third-order valence-electron chi connectivity index (χ3n) is 3.23. The lowest BCUT2D eigenvalue weighted by molar-refractivity contribution is 0.187. The number of guanidine groups is 1. The molecule has 0 atom stereocenters. The van der Waals surface area contributed by atoms with Gasteiger partial charge in [0.1, 0.15) is 5.01 Å². The summed E-state index contributed by atoms with van der Waals surface area (Å²) in [5, 5.41) is 10.1. The van der Waals surface area contributed by atoms with Gasteiger partial charge in [0, 0.05) is 23.3 Å². The first-order valence-electron chi connectivity index (χ1n) is 7.98. The molecule has 0 spiro atoms. The molecule has 0 fully saturated rings. The van der Waals surface area contributed by atoms with Gasteiger partial charge < -0.3 is 15.4 Å². The topological polar surface area (TPSA) is 87.6 Å². The second-order valence-corrected chi connectivity index (χ2v) is 6.55. The maximum atomic E-state index is 11.2. The van der Waals surface area contributed by atoms with Crippen molar-refractivity contribution in [2.75, 3.05) is 19.0 Å². The summed E-state index contributed by atoms with van der Waals surface area (Å²) in [6.45, 7) is 6.03. The maximum Gasteiger partial charge on any atom is 0.411 e. The van der Waals surface area contributed by atoms with Crippen LogP contribution in [0.15, 0.2) is 35.5 Å². The Hall–Kier alpha value is -2.61. The predicted octanol–water partition coefficient (Wildman–Crippen LogP) is 2.89. The van der Waals surface area contributed by atoms with Crippen LogP contribution in [0.25, 0.3) is 0 Å². The molecule has 0 saturated carbocycles. The first kappa shape index (κ1) is 18.7. The van der Waals surface area contributed by atoms with E-state index in [2.05, 4.69) is 30.7 Å². The van der Waals surface area contributed by atoms with Crippen molar-refractivity contribution in [1.29, 1.82) is 0 Å². The normalized spacial score (nSPS) is 11.1. The lowest BCUT2D eigenvalue weighted by Gasteiger charge is -2.10. The number of thiazole rings is 1. The number of hydrogen-bond acceptors (Lipinski definition) is 5. The Morgan fingerprint density at radius 1 is 1.28 bits per heavy atom. The Morgan fingerprint density at radius 2 is 2.04 bits per heavy atom. The molecule has 0 saturated heterocycles. The smallest absolute Gasteiger partial charge is 0.411 e. The molecule has 0 unspecified atom stereocenters. The summed E-state index contributed by atoms with van der Waals surface area (Å²) < 4.78 is 4.56. The first-order valence-corrected chi connectivity index (χ1v) is 8.79. The molecule has 25 heavy (non-hydrogen) atoms. The molecule has 2 rings (SSSR count). The fourth-order valence-corrected chi connectivity index (χ4v) is 2.74. The molecule has 1 heterocycles. The Bertz CT molecular complexity index is 712. The molecular weight excluding hydrogens is 338 g/mol. The number of aliphatic imine (C=N–C) groups is 1. The van der Waals surface area contributed by atoms with Crippen molar-refractivity contribution in [3.05, 3.63) is 45.9 Å². The standard InChI is InChI=1S/C17H23N5O2S/c1-4-18-16(21-11-15-19-9-12(2)25-15)20-10-13-5-7-14(8-6-13)22-17(23)24-3/h5-9H,4,10-11H2,1-3H3,(H,22,23)(H2,18,20,21). The van der Waals surface area contributed by atoms with E-state index in [1.165, 1.54) is 12.0 Å². The highest BCUT2D eigenvalue weighted by Crippen LogP contribution is 2.11. The van der Waals surface area contributed by atoms with E-state index in [9.17, 15) is 4.79 Å². The molecular formula is C17H23N5O2S. The van der Waals surface area contributed by atoms with Gasteiger partial charge in [-0.1, -0.05) is 12.1 Å². The van der Waals surface area contributed by atoms with Gasteiger partial charge in [-0.2, -0.15) is 0 Å². The van der Waals surface area contributed by atoms with Crippen LogP contribution >= 0.6 is 11.3 Å². The van der Waals surface area contributed by atoms with Gasteiger partial charge in [-0.15, -0.1) is 11.3 Å². The molecule has 7 nitrogen and oxygen atoms in total. The number of nitrogens with one attached hydrogen (secondary N) is 3. The average molecular weight is 361 g/mol. The van der Waals surface area contributed by atoms with E-state index in [1.807, 2.05) is 44.3 Å². The molecule has 1 aromatic heterocycles. The molecule has 3 N–H and O–H groups in total. The molecule has 2 aromatic rings. The number of carbonyl (C=O) groups is 1. The van der Waals surface area contributed by atoms with Gasteiger partial charge in [0.2, 0.25) is 0 Å². The van der Waals surface area contributed by atoms with Crippen LogP contribution < -0.4 is 16.0 Å². The van der Waals surface area contributed by atoms with E-state index >= 15 is 0 Å². The van der Waals surface area contributed by atoms with Crippen LogP contribution in [0.4, 0.5) is 10.5 Å². The highest BCUT2D eigenvalue weighted by molar-refractivity contribution is 7.11. The highest BCUT2D eigenvalue weighted by atomic mass is 32.1. The van der Waals surface area contributed by atoms with E-state index < -0.39 is 6.09 Å². The molecule has 0 aliphatic heterocycles. The summed E-state index contributed by atoms with van der Waals surface area (Å²) in [7, 11) is 1.33. The monoisotopic (exact) mass is 361 g/mol. The van der Waals surface area contributed by atoms with Crippen LogP contribution in [0.2, 0.25) is 0 Å². The Morgan fingerprint density at radius 3 is 2.64 bits per heavy atom. The summed E-state index contributed by atoms with van der Waals surface area (Å²) in [4.78, 5) is 21.3. The number of carbonyl (C=O) groups excluding carboxylic acids is 1. The zero-order valence-corrected chi connectivity index (χ0v) is 15.4. The van der Waals surface area contributed by atoms with Crippen LogP contribution in [0.3, 0.4) is 0 Å². The van der Waals surface area contributed by atoms with E-state index in [0.29, 0.717) is 18.8 Å². The molecule has 1 amide bonds. The fourth-order valence-electron chi connectivity index (χ4n) is 2.02. The zero-order chi connectivity index (χ0) is 18.1. The quantitative estimate of drug-likeness (QED) is 0.544. The third-order valence-corrected chi connectivity index (χ3v) is 4.14. The summed E-state index contributed by atoms with van der Waals surface area (Å²) in [5.74, 6) is 0.743. The van der Waals surface area contributed by atoms with Crippen molar-refractivity contribution in [3.63, 3.8) is 0 Å². The Labute approximate surface area is 151 Å². The molecule has 0 aliphatic rings. The highest BCUT2D eigenvalue weighted by Gasteiger charge is 2.03. The van der Waals surface area contributed by atoms with Crippen molar-refractivity contribution in [2.45, 2.75) is 26.9 Å². The SMILES string of the molecule is CCNC(=NCc1ccc(NC(=O)OC)cc1)NCc1ncc(C)s1. The molecule has 8 heteroatoms. The van der Waals surface area contributed by atoms with Gasteiger partial charge >= 0.3 is 6.09 Å². The van der Waals surface area contributed by atoms with E-state index in [-0.39, 0.29) is 0 Å². The minimum Gasteiger partial charge on any atom is -0.453 e. The number of ether oxygens (including phenoxy) is 1. The predicted molar refractivity (Wildman–Crippen MR) is 101 cm³/mol. The summed E-state index contributed by atoms with van der Waals surface area (Å²) in [6.07, 6.45) is 1.39. The van der Waals surface area contributed by atoms with Crippen molar-refractivity contribution in [3.8, 4) is 0 Å². The Balaban J connectivity index is 1.92. The van der Waals surface area contributed by atoms with Crippen LogP contribution in [-0.4, -0.2) is 30.7 Å². The van der Waals surface area contributed by atoms with E-state index in [0.717, 1.165) is 23.1 Å². The number of anilines is 1. The number of aryl methyl sites for hydroxylation is 1. The summed E-state index contributed by atoms with van der Waals surface area (Å²) >= 11 is 1.67. The Kier molecular flexibility index (Phi) is 7.21. The number of nitrogens with zero attached hydrogens (tertiary/aromatic N) is 2. The molecule has 1 aromatic carbocycles. The van der Waals surface area contributed by atoms with Crippen molar-refractivity contribution in [1.82, 2.24) is 15.6 Å². The van der Waals surface area contributed by atoms with Gasteiger partial charge in [-0.25, -0.2) is 14.8 Å². The van der Waals surface area contributed by atoms with Gasteiger partial charge in [0.15, 0.2) is 5.96 Å². The number of methoxy groups -OCH3 is 1. The number of aromatic nitrogens is 1. The number of hydrogen-bond donors (Lipinski definition) is 3. The van der Waals surface area contributed by atoms with Crippen molar-refractivity contribution < 1.29 is 9.53 Å². The van der Waals surface area contributed by atoms with E-state index in [4.69, 9.17) is 0 Å². The first-order chi connectivity index (χ1) is 12.1. The molecule has 0 bridgehead atoms. The van der Waals surface area contributed by atoms with Crippen LogP contribution in [0, 0.1) is 6.92 Å². The van der Waals surface area contributed by atoms with Crippen LogP contribution in [0.5, 0.6) is 0 Å². The van der Waals surface area contributed by atoms with Gasteiger partial charge in [-0.05, 0) is 31.5 Å². The number of rotatable bonds is 6. The maximum absolute atomic E-state index is 11.2. The van der Waals surface area contributed by atoms with Crippen molar-refractivity contribution >= 4 is 29.1 Å². The van der Waals surface area contributed by atoms with Crippen molar-refractivity contribution in [2.24, 2.45) is 4.99 Å². The van der Waals surface area contributed by atoms with Gasteiger partial charge in [0.25, 0.3) is 0 Å². The third kappa shape index (κ3) is 6.42. The fraction of sp³-hybridized carbons (Fsp3) is 0.353. The second-order valence-electron chi connectivity index (χ2n) is 5.23. The van der Waals surface area contributed by atoms with Gasteiger partial charge in [-0.3, -0.25) is 5.32 Å². The largest absolute Gasteiger partial charge is 0.453 e. The summed E-state index contributed by atoms with van der Waals surface area (Å²) in [6, 6.07) is 7.48. The minimum absolute atomic E-state index is 0.484. The average Bonchev–Trinajstić information content (AvgIpc) is 3.04. The summed E-state index contributed by atoms with van der Waals surface area (Å²) in [5.41, 5.74) is 1.72. The number of benzene rings is 1. The number of amides is 1. The lowest BCUT2D eigenvalue weighted by Crippen LogP contribution is -2.36. The lowest BCUT2D eigenvalue weighted by atomic mass is 10.2. The molecule has 134 valence electrons. The van der Waals surface area contributed by atoms with Crippen LogP contribution in [-0.2, 0) is 17.8 Å².